The zero-order valence-electron chi connectivity index (χ0n) is 12.1. The zero-order valence-corrected chi connectivity index (χ0v) is 12.1. The van der Waals surface area contributed by atoms with E-state index in [1.165, 1.54) is 22.6 Å². The summed E-state index contributed by atoms with van der Waals surface area (Å²) in [6.07, 6.45) is 1.96. The quantitative estimate of drug-likeness (QED) is 0.924. The van der Waals surface area contributed by atoms with Crippen molar-refractivity contribution in [3.63, 3.8) is 0 Å². The van der Waals surface area contributed by atoms with Gasteiger partial charge in [0.1, 0.15) is 5.82 Å². The predicted octanol–water partition coefficient (Wildman–Crippen LogP) is 2.02. The third-order valence-electron chi connectivity index (χ3n) is 3.86. The monoisotopic (exact) mass is 271 g/mol. The van der Waals surface area contributed by atoms with Gasteiger partial charge in [0.15, 0.2) is 0 Å². The predicted molar refractivity (Wildman–Crippen MR) is 79.3 cm³/mol. The maximum absolute atomic E-state index is 5.23. The second-order valence-corrected chi connectivity index (χ2v) is 5.19. The van der Waals surface area contributed by atoms with Gasteiger partial charge in [-0.3, -0.25) is 0 Å². The Morgan fingerprint density at radius 1 is 1.35 bits per heavy atom. The zero-order chi connectivity index (χ0) is 13.9. The van der Waals surface area contributed by atoms with Crippen LogP contribution in [0.3, 0.4) is 0 Å². The summed E-state index contributed by atoms with van der Waals surface area (Å²) in [5.74, 6) is 1.07. The number of fused-ring (bicyclic) bond motifs is 1. The number of benzene rings is 1. The fourth-order valence-corrected chi connectivity index (χ4v) is 2.92. The SMILES string of the molecule is COCCc1ccccc1-n1c(C)nc2c1CCNC2. The highest BCUT2D eigenvalue weighted by Gasteiger charge is 2.19. The number of imidazole rings is 1. The van der Waals surface area contributed by atoms with Gasteiger partial charge in [-0.2, -0.15) is 0 Å². The number of nitrogens with one attached hydrogen (secondary N) is 1. The lowest BCUT2D eigenvalue weighted by atomic mass is 10.1. The van der Waals surface area contributed by atoms with Crippen molar-refractivity contribution < 1.29 is 4.74 Å². The molecule has 0 atom stereocenters. The van der Waals surface area contributed by atoms with E-state index in [-0.39, 0.29) is 0 Å². The molecule has 0 saturated heterocycles. The average molecular weight is 271 g/mol. The molecule has 0 saturated carbocycles. The minimum Gasteiger partial charge on any atom is -0.384 e. The summed E-state index contributed by atoms with van der Waals surface area (Å²) in [6.45, 7) is 4.74. The second-order valence-electron chi connectivity index (χ2n) is 5.19. The second kappa shape index (κ2) is 5.77. The van der Waals surface area contributed by atoms with Gasteiger partial charge >= 0.3 is 0 Å². The third-order valence-corrected chi connectivity index (χ3v) is 3.86. The van der Waals surface area contributed by atoms with Gasteiger partial charge in [-0.05, 0) is 25.0 Å². The molecule has 0 amide bonds. The van der Waals surface area contributed by atoms with Crippen molar-refractivity contribution in [3.05, 3.63) is 47.0 Å². The van der Waals surface area contributed by atoms with Crippen molar-refractivity contribution in [2.75, 3.05) is 20.3 Å². The van der Waals surface area contributed by atoms with Gasteiger partial charge in [-0.1, -0.05) is 18.2 Å². The Hall–Kier alpha value is -1.65. The standard InChI is InChI=1S/C16H21N3O/c1-12-18-14-11-17-9-7-16(14)19(12)15-6-4-3-5-13(15)8-10-20-2/h3-6,17H,7-11H2,1-2H3. The molecule has 0 fully saturated rings. The fourth-order valence-electron chi connectivity index (χ4n) is 2.92. The molecule has 1 aliphatic heterocycles. The number of rotatable bonds is 4. The van der Waals surface area contributed by atoms with Gasteiger partial charge in [0.25, 0.3) is 0 Å². The number of ether oxygens (including phenoxy) is 1. The van der Waals surface area contributed by atoms with Crippen LogP contribution in [-0.4, -0.2) is 29.8 Å². The minimum atomic E-state index is 0.745. The molecule has 0 unspecified atom stereocenters. The molecule has 1 aromatic carbocycles. The van der Waals surface area contributed by atoms with Gasteiger partial charge in [0, 0.05) is 32.3 Å². The number of hydrogen-bond donors (Lipinski definition) is 1. The molecule has 0 spiro atoms. The van der Waals surface area contributed by atoms with Crippen molar-refractivity contribution in [2.24, 2.45) is 0 Å². The van der Waals surface area contributed by atoms with E-state index < -0.39 is 0 Å². The van der Waals surface area contributed by atoms with Crippen LogP contribution in [-0.2, 0) is 24.1 Å². The number of aryl methyl sites for hydroxylation is 1. The molecule has 1 N–H and O–H groups in total. The van der Waals surface area contributed by atoms with Gasteiger partial charge in [-0.25, -0.2) is 4.98 Å². The van der Waals surface area contributed by atoms with E-state index in [9.17, 15) is 0 Å². The molecular formula is C16H21N3O. The molecule has 20 heavy (non-hydrogen) atoms. The van der Waals surface area contributed by atoms with Crippen molar-refractivity contribution in [1.29, 1.82) is 0 Å². The maximum Gasteiger partial charge on any atom is 0.110 e. The van der Waals surface area contributed by atoms with E-state index in [1.54, 1.807) is 7.11 Å². The first-order chi connectivity index (χ1) is 9.81. The Labute approximate surface area is 119 Å². The van der Waals surface area contributed by atoms with E-state index in [0.717, 1.165) is 38.4 Å². The summed E-state index contributed by atoms with van der Waals surface area (Å²) < 4.78 is 7.55. The summed E-state index contributed by atoms with van der Waals surface area (Å²) in [5, 5.41) is 3.39. The van der Waals surface area contributed by atoms with Crippen LogP contribution < -0.4 is 5.32 Å². The normalized spacial score (nSPS) is 14.3. The molecule has 2 heterocycles. The highest BCUT2D eigenvalue weighted by Crippen LogP contribution is 2.24. The first-order valence-corrected chi connectivity index (χ1v) is 7.16. The lowest BCUT2D eigenvalue weighted by Crippen LogP contribution is -2.25. The molecule has 0 bridgehead atoms. The molecule has 4 heteroatoms. The molecule has 106 valence electrons. The highest BCUT2D eigenvalue weighted by atomic mass is 16.5. The van der Waals surface area contributed by atoms with Gasteiger partial charge in [-0.15, -0.1) is 0 Å². The van der Waals surface area contributed by atoms with Crippen LogP contribution in [0.2, 0.25) is 0 Å². The molecule has 1 aliphatic rings. The summed E-state index contributed by atoms with van der Waals surface area (Å²) in [4.78, 5) is 4.72. The van der Waals surface area contributed by atoms with Crippen LogP contribution in [0.1, 0.15) is 22.8 Å². The lowest BCUT2D eigenvalue weighted by Gasteiger charge is -2.18. The van der Waals surface area contributed by atoms with E-state index in [1.807, 2.05) is 0 Å². The molecule has 3 rings (SSSR count). The number of methoxy groups -OCH3 is 1. The van der Waals surface area contributed by atoms with Crippen LogP contribution in [0, 0.1) is 6.92 Å². The Bertz CT molecular complexity index is 604. The number of para-hydroxylation sites is 1. The first kappa shape index (κ1) is 13.3. The molecule has 1 aromatic heterocycles. The average Bonchev–Trinajstić information content (AvgIpc) is 2.81. The van der Waals surface area contributed by atoms with E-state index in [2.05, 4.69) is 41.1 Å². The summed E-state index contributed by atoms with van der Waals surface area (Å²) in [6, 6.07) is 8.55. The van der Waals surface area contributed by atoms with Crippen LogP contribution in [0.4, 0.5) is 0 Å². The summed E-state index contributed by atoms with van der Waals surface area (Å²) in [7, 11) is 1.75. The largest absolute Gasteiger partial charge is 0.384 e. The maximum atomic E-state index is 5.23. The Morgan fingerprint density at radius 2 is 2.20 bits per heavy atom. The van der Waals surface area contributed by atoms with Gasteiger partial charge < -0.3 is 14.6 Å². The number of nitrogens with zero attached hydrogens (tertiary/aromatic N) is 2. The minimum absolute atomic E-state index is 0.745. The van der Waals surface area contributed by atoms with Crippen LogP contribution in [0.25, 0.3) is 5.69 Å². The van der Waals surface area contributed by atoms with Gasteiger partial charge in [0.05, 0.1) is 18.0 Å². The molecule has 0 aliphatic carbocycles. The summed E-state index contributed by atoms with van der Waals surface area (Å²) >= 11 is 0. The molecule has 2 aromatic rings. The number of aromatic nitrogens is 2. The first-order valence-electron chi connectivity index (χ1n) is 7.16. The highest BCUT2D eigenvalue weighted by molar-refractivity contribution is 5.45. The third kappa shape index (κ3) is 2.37. The Balaban J connectivity index is 2.07. The fraction of sp³-hybridized carbons (Fsp3) is 0.438. The molecule has 0 radical (unpaired) electrons. The van der Waals surface area contributed by atoms with Crippen LogP contribution in [0.15, 0.2) is 24.3 Å². The van der Waals surface area contributed by atoms with E-state index in [4.69, 9.17) is 9.72 Å². The number of hydrogen-bond acceptors (Lipinski definition) is 3. The van der Waals surface area contributed by atoms with Crippen molar-refractivity contribution in [1.82, 2.24) is 14.9 Å². The van der Waals surface area contributed by atoms with E-state index >= 15 is 0 Å². The van der Waals surface area contributed by atoms with E-state index in [0.29, 0.717) is 0 Å². The van der Waals surface area contributed by atoms with Crippen molar-refractivity contribution in [3.8, 4) is 5.69 Å². The lowest BCUT2D eigenvalue weighted by molar-refractivity contribution is 0.202. The molecule has 4 nitrogen and oxygen atoms in total. The van der Waals surface area contributed by atoms with Crippen molar-refractivity contribution in [2.45, 2.75) is 26.3 Å². The van der Waals surface area contributed by atoms with Crippen LogP contribution in [0.5, 0.6) is 0 Å². The van der Waals surface area contributed by atoms with Gasteiger partial charge in [0.2, 0.25) is 0 Å². The Kier molecular flexibility index (Phi) is 3.85. The smallest absolute Gasteiger partial charge is 0.110 e. The molecular weight excluding hydrogens is 250 g/mol. The van der Waals surface area contributed by atoms with Crippen molar-refractivity contribution >= 4 is 0 Å². The topological polar surface area (TPSA) is 39.1 Å². The summed E-state index contributed by atoms with van der Waals surface area (Å²) in [5.41, 5.74) is 5.11. The van der Waals surface area contributed by atoms with Crippen LogP contribution >= 0.6 is 0 Å². The Morgan fingerprint density at radius 3 is 3.05 bits per heavy atom.